The van der Waals surface area contributed by atoms with E-state index in [1.54, 1.807) is 6.92 Å². The number of halogens is 5. The first kappa shape index (κ1) is 28.0. The summed E-state index contributed by atoms with van der Waals surface area (Å²) in [5.41, 5.74) is -1.48. The minimum Gasteiger partial charge on any atom is -0.351 e. The van der Waals surface area contributed by atoms with Gasteiger partial charge in [-0.3, -0.25) is 0 Å². The molecule has 2 aromatic rings. The third kappa shape index (κ3) is 7.70. The third-order valence-electron chi connectivity index (χ3n) is 6.48. The smallest absolute Gasteiger partial charge is 0.286 e. The van der Waals surface area contributed by atoms with Crippen LogP contribution in [0.3, 0.4) is 0 Å². The van der Waals surface area contributed by atoms with E-state index in [9.17, 15) is 22.0 Å². The second-order valence-electron chi connectivity index (χ2n) is 9.71. The molecule has 0 unspecified atom stereocenters. The van der Waals surface area contributed by atoms with Crippen molar-refractivity contribution in [2.45, 2.75) is 109 Å². The predicted molar refractivity (Wildman–Crippen MR) is 134 cm³/mol. The second-order valence-corrected chi connectivity index (χ2v) is 9.71. The Bertz CT molecular complexity index is 954. The van der Waals surface area contributed by atoms with Gasteiger partial charge in [-0.05, 0) is 57.6 Å². The van der Waals surface area contributed by atoms with Crippen molar-refractivity contribution < 1.29 is 24.8 Å². The Hall–Kier alpha value is -2.59. The fourth-order valence-electron chi connectivity index (χ4n) is 4.34. The fourth-order valence-corrected chi connectivity index (χ4v) is 4.34. The number of rotatable bonds is 6. The van der Waals surface area contributed by atoms with Crippen LogP contribution >= 0.6 is 0 Å². The highest BCUT2D eigenvalue weighted by Crippen LogP contribution is 2.35. The van der Waals surface area contributed by atoms with E-state index in [0.717, 1.165) is 6.92 Å². The van der Waals surface area contributed by atoms with Gasteiger partial charge in [-0.15, -0.1) is 0 Å². The van der Waals surface area contributed by atoms with Gasteiger partial charge in [0.05, 0.1) is 0 Å². The van der Waals surface area contributed by atoms with Gasteiger partial charge >= 0.3 is 0 Å². The molecule has 2 aliphatic rings. The first-order valence-corrected chi connectivity index (χ1v) is 12.6. The van der Waals surface area contributed by atoms with Gasteiger partial charge in [0.1, 0.15) is 17.1 Å². The van der Waals surface area contributed by atoms with Crippen molar-refractivity contribution in [2.24, 2.45) is 0 Å². The highest BCUT2D eigenvalue weighted by molar-refractivity contribution is 5.54. The van der Waals surface area contributed by atoms with Crippen LogP contribution in [0.15, 0.2) is 18.2 Å². The molecule has 0 amide bonds. The molecule has 36 heavy (non-hydrogen) atoms. The zero-order valence-electron chi connectivity index (χ0n) is 21.2. The Labute approximate surface area is 211 Å². The van der Waals surface area contributed by atoms with E-state index in [-0.39, 0.29) is 64.0 Å². The van der Waals surface area contributed by atoms with Crippen LogP contribution in [0.2, 0.25) is 0 Å². The average Bonchev–Trinajstić information content (AvgIpc) is 2.83. The number of nitrogens with zero attached hydrogens (tertiary/aromatic N) is 4. The lowest BCUT2D eigenvalue weighted by Crippen LogP contribution is -2.34. The van der Waals surface area contributed by atoms with Gasteiger partial charge in [-0.25, -0.2) is 18.2 Å². The lowest BCUT2D eigenvalue weighted by Gasteiger charge is -2.31. The molecule has 0 spiro atoms. The average molecular weight is 519 g/mol. The van der Waals surface area contributed by atoms with Gasteiger partial charge < -0.3 is 10.6 Å². The molecule has 0 atom stereocenters. The minimum absolute atomic E-state index is 0. The molecule has 2 saturated carbocycles. The first-order valence-electron chi connectivity index (χ1n) is 12.6. The van der Waals surface area contributed by atoms with Crippen molar-refractivity contribution in [3.8, 4) is 11.5 Å². The number of pyridine rings is 1. The largest absolute Gasteiger partial charge is 0.351 e. The summed E-state index contributed by atoms with van der Waals surface area (Å²) in [4.78, 5) is 17.1. The predicted octanol–water partition coefficient (Wildman–Crippen LogP) is 7.64. The number of nitrogens with one attached hydrogen (secondary N) is 2. The molecule has 0 bridgehead atoms. The van der Waals surface area contributed by atoms with E-state index < -0.39 is 23.2 Å². The van der Waals surface area contributed by atoms with Crippen LogP contribution < -0.4 is 10.6 Å². The topological polar surface area (TPSA) is 75.6 Å². The molecule has 2 aliphatic carbocycles. The molecule has 204 valence electrons. The maximum absolute atomic E-state index is 14.2. The van der Waals surface area contributed by atoms with Crippen LogP contribution in [0.4, 0.5) is 33.8 Å². The van der Waals surface area contributed by atoms with E-state index in [0.29, 0.717) is 25.7 Å². The zero-order valence-corrected chi connectivity index (χ0v) is 21.2. The fraction of sp³-hybridized carbons (Fsp3) is 0.680. The normalized spacial score (nSPS) is 24.4. The maximum Gasteiger partial charge on any atom is 0.286 e. The van der Waals surface area contributed by atoms with Gasteiger partial charge in [0.15, 0.2) is 5.82 Å². The lowest BCUT2D eigenvalue weighted by molar-refractivity contribution is -0.0361. The third-order valence-corrected chi connectivity index (χ3v) is 6.48. The Morgan fingerprint density at radius 2 is 1.33 bits per heavy atom. The van der Waals surface area contributed by atoms with E-state index in [4.69, 9.17) is 0 Å². The summed E-state index contributed by atoms with van der Waals surface area (Å²) >= 11 is 0. The molecule has 6 nitrogen and oxygen atoms in total. The van der Waals surface area contributed by atoms with Crippen LogP contribution in [-0.2, 0) is 5.92 Å². The summed E-state index contributed by atoms with van der Waals surface area (Å²) in [7, 11) is 0. The number of hydrogen-bond acceptors (Lipinski definition) is 6. The molecule has 0 saturated heterocycles. The van der Waals surface area contributed by atoms with E-state index >= 15 is 0 Å². The molecule has 2 aromatic heterocycles. The molecule has 0 aromatic carbocycles. The van der Waals surface area contributed by atoms with E-state index in [1.807, 2.05) is 13.8 Å². The highest BCUT2D eigenvalue weighted by atomic mass is 19.3. The van der Waals surface area contributed by atoms with Gasteiger partial charge in [-0.1, -0.05) is 19.9 Å². The summed E-state index contributed by atoms with van der Waals surface area (Å²) < 4.78 is 68.9. The molecule has 2 fully saturated rings. The molecule has 2 heterocycles. The Balaban J connectivity index is 0.00000176. The minimum atomic E-state index is -3.14. The molecular formula is C25H39F5N6. The van der Waals surface area contributed by atoms with Crippen LogP contribution in [0.5, 0.6) is 0 Å². The van der Waals surface area contributed by atoms with Crippen molar-refractivity contribution in [3.63, 3.8) is 0 Å². The zero-order chi connectivity index (χ0) is 26.6. The summed E-state index contributed by atoms with van der Waals surface area (Å²) in [5, 5.41) is 6.29. The van der Waals surface area contributed by atoms with Gasteiger partial charge in [-0.2, -0.15) is 23.7 Å². The molecule has 0 aliphatic heterocycles. The summed E-state index contributed by atoms with van der Waals surface area (Å²) in [5.74, 6) is -5.37. The summed E-state index contributed by atoms with van der Waals surface area (Å²) in [6.45, 7) is 6.34. The summed E-state index contributed by atoms with van der Waals surface area (Å²) in [6, 6.07) is 3.89. The van der Waals surface area contributed by atoms with Crippen LogP contribution in [0.1, 0.15) is 87.6 Å². The lowest BCUT2D eigenvalue weighted by atomic mass is 9.85. The van der Waals surface area contributed by atoms with E-state index in [2.05, 4.69) is 30.6 Å². The van der Waals surface area contributed by atoms with Crippen LogP contribution in [0, 0.1) is 0 Å². The maximum atomic E-state index is 14.2. The van der Waals surface area contributed by atoms with Gasteiger partial charge in [0.25, 0.3) is 5.92 Å². The second kappa shape index (κ2) is 11.2. The van der Waals surface area contributed by atoms with Crippen molar-refractivity contribution in [2.75, 3.05) is 10.6 Å². The van der Waals surface area contributed by atoms with Crippen molar-refractivity contribution >= 4 is 11.9 Å². The van der Waals surface area contributed by atoms with Crippen LogP contribution in [-0.4, -0.2) is 43.6 Å². The van der Waals surface area contributed by atoms with Crippen molar-refractivity contribution in [1.29, 1.82) is 0 Å². The Morgan fingerprint density at radius 1 is 0.833 bits per heavy atom. The Kier molecular flexibility index (Phi) is 8.71. The Morgan fingerprint density at radius 3 is 1.83 bits per heavy atom. The number of aromatic nitrogens is 4. The number of anilines is 2. The van der Waals surface area contributed by atoms with Gasteiger partial charge in [0, 0.05) is 34.7 Å². The SMILES string of the molecule is CC.CC1(F)CCC(Nc2nc(NC3CCC(F)(F)CC3)nc(-c3cccc(C(C)(F)F)n3)n2)CC1.[HH].[HH]. The van der Waals surface area contributed by atoms with E-state index in [1.165, 1.54) is 18.2 Å². The van der Waals surface area contributed by atoms with Crippen molar-refractivity contribution in [1.82, 2.24) is 19.9 Å². The molecule has 4 rings (SSSR count). The molecule has 0 radical (unpaired) electrons. The summed E-state index contributed by atoms with van der Waals surface area (Å²) in [6.07, 6.45) is 2.03. The number of alkyl halides is 5. The molecule has 2 N–H and O–H groups in total. The monoisotopic (exact) mass is 518 g/mol. The number of hydrogen-bond donors (Lipinski definition) is 2. The standard InChI is InChI=1S/C23H29F5N6.C2H6.2H2/c1-21(24)10-6-14(7-11-21)29-19-32-18(16-4-3-5-17(31-16)22(2,25)26)33-20(34-19)30-15-8-12-23(27,28)13-9-15;1-2;;/h3-5,14-15H,6-13H2,1-2H3,(H2,29,30,32,33,34);1-2H3;2*1H. The van der Waals surface area contributed by atoms with Crippen LogP contribution in [0.25, 0.3) is 11.5 Å². The first-order chi connectivity index (χ1) is 16.9. The molecular weight excluding hydrogens is 479 g/mol. The quantitative estimate of drug-likeness (QED) is 0.383. The molecule has 11 heteroatoms. The van der Waals surface area contributed by atoms with Gasteiger partial charge in [0.2, 0.25) is 17.8 Å². The van der Waals surface area contributed by atoms with Crippen molar-refractivity contribution in [3.05, 3.63) is 23.9 Å². The highest BCUT2D eigenvalue weighted by Gasteiger charge is 2.35.